The van der Waals surface area contributed by atoms with Crippen molar-refractivity contribution in [3.63, 3.8) is 0 Å². The zero-order chi connectivity index (χ0) is 16.9. The van der Waals surface area contributed by atoms with Crippen molar-refractivity contribution in [2.75, 3.05) is 6.61 Å². The summed E-state index contributed by atoms with van der Waals surface area (Å²) in [6.07, 6.45) is 4.11. The first-order valence-electron chi connectivity index (χ1n) is 7.57. The van der Waals surface area contributed by atoms with Crippen molar-refractivity contribution in [3.05, 3.63) is 64.2 Å². The van der Waals surface area contributed by atoms with Gasteiger partial charge in [0, 0.05) is 40.9 Å². The molecule has 2 aromatic heterocycles. The first-order valence-corrected chi connectivity index (χ1v) is 8.45. The van der Waals surface area contributed by atoms with Crippen LogP contribution < -0.4 is 10.5 Å². The van der Waals surface area contributed by atoms with E-state index >= 15 is 0 Å². The second kappa shape index (κ2) is 7.23. The molecule has 0 saturated carbocycles. The molecule has 24 heavy (non-hydrogen) atoms. The van der Waals surface area contributed by atoms with Gasteiger partial charge >= 0.3 is 0 Å². The Labute approximate surface area is 144 Å². The van der Waals surface area contributed by atoms with Crippen molar-refractivity contribution in [3.8, 4) is 17.0 Å². The topological polar surface area (TPSA) is 78.1 Å². The Bertz CT molecular complexity index is 846. The van der Waals surface area contributed by atoms with E-state index in [1.165, 1.54) is 0 Å². The number of primary amides is 1. The number of nitrogens with zero attached hydrogens (tertiary/aromatic N) is 2. The van der Waals surface area contributed by atoms with Gasteiger partial charge in [-0.1, -0.05) is 0 Å². The average Bonchev–Trinajstić information content (AvgIpc) is 3.06. The molecular weight excluding hydrogens is 322 g/mol. The van der Waals surface area contributed by atoms with Gasteiger partial charge in [-0.2, -0.15) is 0 Å². The van der Waals surface area contributed by atoms with Gasteiger partial charge in [-0.3, -0.25) is 9.78 Å². The van der Waals surface area contributed by atoms with Crippen LogP contribution in [0.1, 0.15) is 27.9 Å². The molecule has 1 amide bonds. The number of carbonyl (C=O) groups is 1. The summed E-state index contributed by atoms with van der Waals surface area (Å²) in [6, 6.07) is 9.11. The van der Waals surface area contributed by atoms with Gasteiger partial charge in [0.2, 0.25) is 5.91 Å². The van der Waals surface area contributed by atoms with Crippen LogP contribution in [-0.2, 0) is 6.42 Å². The number of nitrogens with two attached hydrogens (primary N) is 1. The van der Waals surface area contributed by atoms with Crippen LogP contribution in [0.4, 0.5) is 0 Å². The predicted octanol–water partition coefficient (Wildman–Crippen LogP) is 3.29. The Morgan fingerprint density at radius 3 is 2.92 bits per heavy atom. The minimum Gasteiger partial charge on any atom is -0.494 e. The fourth-order valence-corrected chi connectivity index (χ4v) is 3.20. The second-order valence-corrected chi connectivity index (χ2v) is 6.11. The number of carbonyl (C=O) groups excluding carboxylic acids is 1. The van der Waals surface area contributed by atoms with Gasteiger partial charge in [-0.15, -0.1) is 11.3 Å². The molecule has 0 saturated heterocycles. The van der Waals surface area contributed by atoms with Crippen LogP contribution in [0.15, 0.2) is 48.1 Å². The molecule has 2 N–H and O–H groups in total. The van der Waals surface area contributed by atoms with Gasteiger partial charge in [0.15, 0.2) is 0 Å². The van der Waals surface area contributed by atoms with E-state index in [0.29, 0.717) is 18.6 Å². The molecule has 3 rings (SSSR count). The molecule has 2 heterocycles. The van der Waals surface area contributed by atoms with Crippen LogP contribution in [0.5, 0.6) is 5.75 Å². The summed E-state index contributed by atoms with van der Waals surface area (Å²) in [4.78, 5) is 20.2. The lowest BCUT2D eigenvalue weighted by molar-refractivity contribution is 0.1000. The zero-order valence-electron chi connectivity index (χ0n) is 13.2. The standard InChI is InChI=1S/C18H17N3O2S/c1-2-23-16-6-5-12(18(19)22)8-14(16)9-17-21-15(11-24-17)13-4-3-7-20-10-13/h3-8,10-11H,2,9H2,1H3,(H2,19,22). The Kier molecular flexibility index (Phi) is 4.86. The highest BCUT2D eigenvalue weighted by Gasteiger charge is 2.12. The Hall–Kier alpha value is -2.73. The molecule has 1 aromatic carbocycles. The highest BCUT2D eigenvalue weighted by molar-refractivity contribution is 7.10. The zero-order valence-corrected chi connectivity index (χ0v) is 14.0. The van der Waals surface area contributed by atoms with Gasteiger partial charge < -0.3 is 10.5 Å². The number of thiazole rings is 1. The number of hydrogen-bond donors (Lipinski definition) is 1. The number of amides is 1. The lowest BCUT2D eigenvalue weighted by atomic mass is 10.1. The molecule has 3 aromatic rings. The minimum atomic E-state index is -0.450. The van der Waals surface area contributed by atoms with Crippen molar-refractivity contribution < 1.29 is 9.53 Å². The largest absolute Gasteiger partial charge is 0.494 e. The van der Waals surface area contributed by atoms with Crippen LogP contribution in [0.3, 0.4) is 0 Å². The van der Waals surface area contributed by atoms with Gasteiger partial charge in [-0.25, -0.2) is 4.98 Å². The molecule has 0 spiro atoms. The Balaban J connectivity index is 1.89. The van der Waals surface area contributed by atoms with Crippen molar-refractivity contribution >= 4 is 17.2 Å². The summed E-state index contributed by atoms with van der Waals surface area (Å²) in [5, 5.41) is 2.95. The number of benzene rings is 1. The molecule has 0 aliphatic heterocycles. The summed E-state index contributed by atoms with van der Waals surface area (Å²) >= 11 is 1.57. The van der Waals surface area contributed by atoms with Gasteiger partial charge in [0.1, 0.15) is 5.75 Å². The Morgan fingerprint density at radius 1 is 1.33 bits per heavy atom. The van der Waals surface area contributed by atoms with Gasteiger partial charge in [0.25, 0.3) is 0 Å². The smallest absolute Gasteiger partial charge is 0.248 e. The summed E-state index contributed by atoms with van der Waals surface area (Å²) in [7, 11) is 0. The maximum absolute atomic E-state index is 11.4. The molecule has 0 fully saturated rings. The third-order valence-corrected chi connectivity index (χ3v) is 4.34. The normalized spacial score (nSPS) is 10.5. The van der Waals surface area contributed by atoms with Crippen LogP contribution in [0, 0.1) is 0 Å². The highest BCUT2D eigenvalue weighted by Crippen LogP contribution is 2.27. The summed E-state index contributed by atoms with van der Waals surface area (Å²) in [5.74, 6) is 0.301. The number of rotatable bonds is 6. The van der Waals surface area contributed by atoms with E-state index in [4.69, 9.17) is 10.5 Å². The summed E-state index contributed by atoms with van der Waals surface area (Å²) in [5.41, 5.74) is 8.63. The van der Waals surface area contributed by atoms with E-state index in [1.54, 1.807) is 41.9 Å². The van der Waals surface area contributed by atoms with E-state index in [0.717, 1.165) is 27.6 Å². The molecule has 6 heteroatoms. The Morgan fingerprint density at radius 2 is 2.21 bits per heavy atom. The average molecular weight is 339 g/mol. The first kappa shape index (κ1) is 16.1. The van der Waals surface area contributed by atoms with E-state index in [-0.39, 0.29) is 0 Å². The number of aromatic nitrogens is 2. The minimum absolute atomic E-state index is 0.450. The fourth-order valence-electron chi connectivity index (χ4n) is 2.37. The monoisotopic (exact) mass is 339 g/mol. The molecular formula is C18H17N3O2S. The molecule has 0 unspecified atom stereocenters. The third kappa shape index (κ3) is 3.60. The van der Waals surface area contributed by atoms with Crippen molar-refractivity contribution in [1.29, 1.82) is 0 Å². The van der Waals surface area contributed by atoms with E-state index in [1.807, 2.05) is 24.4 Å². The number of pyridine rings is 1. The summed E-state index contributed by atoms with van der Waals surface area (Å²) < 4.78 is 5.65. The molecule has 0 aliphatic rings. The maximum atomic E-state index is 11.4. The van der Waals surface area contributed by atoms with Crippen molar-refractivity contribution in [1.82, 2.24) is 9.97 Å². The molecule has 0 bridgehead atoms. The highest BCUT2D eigenvalue weighted by atomic mass is 32.1. The van der Waals surface area contributed by atoms with Crippen LogP contribution in [-0.4, -0.2) is 22.5 Å². The molecule has 0 aliphatic carbocycles. The van der Waals surface area contributed by atoms with Gasteiger partial charge in [-0.05, 0) is 37.3 Å². The lowest BCUT2D eigenvalue weighted by Crippen LogP contribution is -2.11. The predicted molar refractivity (Wildman–Crippen MR) is 94.3 cm³/mol. The second-order valence-electron chi connectivity index (χ2n) is 5.16. The quantitative estimate of drug-likeness (QED) is 0.747. The lowest BCUT2D eigenvalue weighted by Gasteiger charge is -2.10. The van der Waals surface area contributed by atoms with E-state index < -0.39 is 5.91 Å². The maximum Gasteiger partial charge on any atom is 0.248 e. The number of hydrogen-bond acceptors (Lipinski definition) is 5. The molecule has 0 atom stereocenters. The molecule has 0 radical (unpaired) electrons. The van der Waals surface area contributed by atoms with Gasteiger partial charge in [0.05, 0.1) is 17.3 Å². The van der Waals surface area contributed by atoms with E-state index in [2.05, 4.69) is 9.97 Å². The van der Waals surface area contributed by atoms with Crippen molar-refractivity contribution in [2.24, 2.45) is 5.73 Å². The van der Waals surface area contributed by atoms with Crippen molar-refractivity contribution in [2.45, 2.75) is 13.3 Å². The number of ether oxygens (including phenoxy) is 1. The van der Waals surface area contributed by atoms with E-state index in [9.17, 15) is 4.79 Å². The third-order valence-electron chi connectivity index (χ3n) is 3.50. The summed E-state index contributed by atoms with van der Waals surface area (Å²) in [6.45, 7) is 2.48. The molecule has 122 valence electrons. The fraction of sp³-hybridized carbons (Fsp3) is 0.167. The van der Waals surface area contributed by atoms with Crippen LogP contribution in [0.25, 0.3) is 11.3 Å². The molecule has 5 nitrogen and oxygen atoms in total. The SMILES string of the molecule is CCOc1ccc(C(N)=O)cc1Cc1nc(-c2cccnc2)cs1. The van der Waals surface area contributed by atoms with Crippen LogP contribution in [0.2, 0.25) is 0 Å². The van der Waals surface area contributed by atoms with Crippen LogP contribution >= 0.6 is 11.3 Å². The first-order chi connectivity index (χ1) is 11.7.